The molecule has 0 amide bonds. The van der Waals surface area contributed by atoms with Gasteiger partial charge in [0.25, 0.3) is 0 Å². The van der Waals surface area contributed by atoms with E-state index in [9.17, 15) is 4.79 Å². The first-order valence-electron chi connectivity index (χ1n) is 5.50. The van der Waals surface area contributed by atoms with Crippen LogP contribution in [0.3, 0.4) is 0 Å². The molecule has 0 aromatic heterocycles. The highest BCUT2D eigenvalue weighted by Crippen LogP contribution is 2.38. The second kappa shape index (κ2) is 5.61. The Kier molecular flexibility index (Phi) is 4.13. The van der Waals surface area contributed by atoms with Crippen LogP contribution in [-0.4, -0.2) is 18.3 Å². The van der Waals surface area contributed by atoms with Gasteiger partial charge < -0.3 is 4.74 Å². The average Bonchev–Trinajstić information content (AvgIpc) is 2.30. The van der Waals surface area contributed by atoms with Gasteiger partial charge in [-0.2, -0.15) is 0 Å². The smallest absolute Gasteiger partial charge is 0.331 e. The van der Waals surface area contributed by atoms with Gasteiger partial charge in [0.1, 0.15) is 0 Å². The van der Waals surface area contributed by atoms with E-state index in [0.717, 1.165) is 23.3 Å². The first-order chi connectivity index (χ1) is 8.20. The van der Waals surface area contributed by atoms with Crippen molar-refractivity contribution >= 4 is 34.9 Å². The second-order valence-corrected chi connectivity index (χ2v) is 5.23. The lowest BCUT2D eigenvalue weighted by molar-refractivity contribution is -0.137. The maximum Gasteiger partial charge on any atom is 0.331 e. The van der Waals surface area contributed by atoms with E-state index < -0.39 is 0 Å². The average molecular weight is 269 g/mol. The van der Waals surface area contributed by atoms with Crippen LogP contribution in [0.25, 0.3) is 5.57 Å². The van der Waals surface area contributed by atoms with Gasteiger partial charge in [0.15, 0.2) is 0 Å². The van der Waals surface area contributed by atoms with Gasteiger partial charge in [0, 0.05) is 21.7 Å². The van der Waals surface area contributed by atoms with Gasteiger partial charge in [-0.05, 0) is 42.7 Å². The minimum atomic E-state index is -0.277. The molecule has 4 heteroatoms. The molecule has 0 saturated carbocycles. The maximum absolute atomic E-state index is 11.5. The normalized spacial score (nSPS) is 16.7. The van der Waals surface area contributed by atoms with Gasteiger partial charge in [0.2, 0.25) is 0 Å². The maximum atomic E-state index is 11.5. The number of halogens is 1. The van der Waals surface area contributed by atoms with Crippen molar-refractivity contribution in [3.8, 4) is 0 Å². The van der Waals surface area contributed by atoms with Gasteiger partial charge in [-0.25, -0.2) is 4.79 Å². The van der Waals surface area contributed by atoms with Gasteiger partial charge in [-0.3, -0.25) is 0 Å². The third-order valence-corrected chi connectivity index (χ3v) is 3.81. The van der Waals surface area contributed by atoms with Crippen LogP contribution in [0.15, 0.2) is 29.2 Å². The van der Waals surface area contributed by atoms with Crippen molar-refractivity contribution < 1.29 is 9.53 Å². The highest BCUT2D eigenvalue weighted by molar-refractivity contribution is 7.99. The predicted octanol–water partition coefficient (Wildman–Crippen LogP) is 3.78. The van der Waals surface area contributed by atoms with E-state index in [1.165, 1.54) is 4.90 Å². The lowest BCUT2D eigenvalue weighted by Gasteiger charge is -2.18. The summed E-state index contributed by atoms with van der Waals surface area (Å²) in [6.07, 6.45) is 2.45. The standard InChI is InChI=1S/C13H13ClO2S/c1-2-16-13(15)7-9-5-6-17-12-4-3-10(14)8-11(9)12/h3-4,7-8H,2,5-6H2,1H3/b9-7-. The molecule has 1 aromatic rings. The largest absolute Gasteiger partial charge is 0.463 e. The molecule has 0 saturated heterocycles. The molecule has 2 rings (SSSR count). The van der Waals surface area contributed by atoms with E-state index in [0.29, 0.717) is 11.6 Å². The van der Waals surface area contributed by atoms with Crippen molar-refractivity contribution in [3.05, 3.63) is 34.9 Å². The van der Waals surface area contributed by atoms with Crippen LogP contribution in [0.1, 0.15) is 18.9 Å². The highest BCUT2D eigenvalue weighted by atomic mass is 35.5. The topological polar surface area (TPSA) is 26.3 Å². The van der Waals surface area contributed by atoms with Gasteiger partial charge in [-0.1, -0.05) is 11.6 Å². The molecular formula is C13H13ClO2S. The fourth-order valence-electron chi connectivity index (χ4n) is 1.76. The number of esters is 1. The van der Waals surface area contributed by atoms with Crippen molar-refractivity contribution in [1.82, 2.24) is 0 Å². The molecule has 0 N–H and O–H groups in total. The summed E-state index contributed by atoms with van der Waals surface area (Å²) < 4.78 is 4.93. The van der Waals surface area contributed by atoms with Crippen LogP contribution in [0.5, 0.6) is 0 Å². The zero-order valence-electron chi connectivity index (χ0n) is 9.53. The summed E-state index contributed by atoms with van der Waals surface area (Å²) in [6, 6.07) is 5.79. The molecule has 0 radical (unpaired) electrons. The van der Waals surface area contributed by atoms with Gasteiger partial charge in [0.05, 0.1) is 6.61 Å². The summed E-state index contributed by atoms with van der Waals surface area (Å²) in [4.78, 5) is 12.6. The Balaban J connectivity index is 2.33. The molecule has 0 bridgehead atoms. The number of fused-ring (bicyclic) bond motifs is 1. The summed E-state index contributed by atoms with van der Waals surface area (Å²) in [5.41, 5.74) is 2.07. The van der Waals surface area contributed by atoms with Crippen molar-refractivity contribution in [2.24, 2.45) is 0 Å². The highest BCUT2D eigenvalue weighted by Gasteiger charge is 2.16. The lowest BCUT2D eigenvalue weighted by atomic mass is 10.0. The predicted molar refractivity (Wildman–Crippen MR) is 71.4 cm³/mol. The first kappa shape index (κ1) is 12.5. The Bertz CT molecular complexity index is 468. The molecule has 1 aliphatic heterocycles. The number of ether oxygens (including phenoxy) is 1. The first-order valence-corrected chi connectivity index (χ1v) is 6.87. The van der Waals surface area contributed by atoms with Crippen LogP contribution in [-0.2, 0) is 9.53 Å². The van der Waals surface area contributed by atoms with Crippen LogP contribution in [0.4, 0.5) is 0 Å². The fraction of sp³-hybridized carbons (Fsp3) is 0.308. The molecule has 1 aromatic carbocycles. The summed E-state index contributed by atoms with van der Waals surface area (Å²) >= 11 is 7.78. The van der Waals surface area contributed by atoms with E-state index in [1.54, 1.807) is 24.8 Å². The van der Waals surface area contributed by atoms with Crippen LogP contribution in [0.2, 0.25) is 5.02 Å². The molecule has 2 nitrogen and oxygen atoms in total. The van der Waals surface area contributed by atoms with E-state index in [2.05, 4.69) is 0 Å². The molecule has 1 aliphatic rings. The van der Waals surface area contributed by atoms with E-state index in [1.807, 2.05) is 18.2 Å². The zero-order chi connectivity index (χ0) is 12.3. The van der Waals surface area contributed by atoms with Crippen molar-refractivity contribution in [1.29, 1.82) is 0 Å². The zero-order valence-corrected chi connectivity index (χ0v) is 11.1. The third kappa shape index (κ3) is 3.05. The van der Waals surface area contributed by atoms with E-state index in [4.69, 9.17) is 16.3 Å². The Hall–Kier alpha value is -0.930. The van der Waals surface area contributed by atoms with Crippen molar-refractivity contribution in [2.45, 2.75) is 18.2 Å². The molecule has 0 atom stereocenters. The molecule has 1 heterocycles. The van der Waals surface area contributed by atoms with Crippen LogP contribution >= 0.6 is 23.4 Å². The number of hydrogen-bond donors (Lipinski definition) is 0. The van der Waals surface area contributed by atoms with Crippen LogP contribution in [0, 0.1) is 0 Å². The molecular weight excluding hydrogens is 256 g/mol. The monoisotopic (exact) mass is 268 g/mol. The Morgan fingerprint density at radius 3 is 3.18 bits per heavy atom. The van der Waals surface area contributed by atoms with Gasteiger partial charge in [-0.15, -0.1) is 11.8 Å². The number of hydrogen-bond acceptors (Lipinski definition) is 3. The number of allylic oxidation sites excluding steroid dienone is 1. The van der Waals surface area contributed by atoms with Crippen molar-refractivity contribution in [2.75, 3.05) is 12.4 Å². The minimum Gasteiger partial charge on any atom is -0.463 e. The summed E-state index contributed by atoms with van der Waals surface area (Å²) in [7, 11) is 0. The SMILES string of the molecule is CCOC(=O)/C=C1/CCSc2ccc(Cl)cc21. The number of rotatable bonds is 2. The number of carbonyl (C=O) groups is 1. The molecule has 0 aliphatic carbocycles. The van der Waals surface area contributed by atoms with Gasteiger partial charge >= 0.3 is 5.97 Å². The number of benzene rings is 1. The summed E-state index contributed by atoms with van der Waals surface area (Å²) in [5, 5.41) is 0.695. The van der Waals surface area contributed by atoms with E-state index in [-0.39, 0.29) is 5.97 Å². The minimum absolute atomic E-state index is 0.277. The molecule has 0 spiro atoms. The third-order valence-electron chi connectivity index (χ3n) is 2.50. The van der Waals surface area contributed by atoms with Crippen LogP contribution < -0.4 is 0 Å². The molecule has 0 unspecified atom stereocenters. The Morgan fingerprint density at radius 1 is 1.59 bits per heavy atom. The number of carbonyl (C=O) groups excluding carboxylic acids is 1. The number of thioether (sulfide) groups is 1. The van der Waals surface area contributed by atoms with E-state index >= 15 is 0 Å². The molecule has 17 heavy (non-hydrogen) atoms. The molecule has 0 fully saturated rings. The lowest BCUT2D eigenvalue weighted by Crippen LogP contribution is -2.04. The Labute approximate surface area is 110 Å². The summed E-state index contributed by atoms with van der Waals surface area (Å²) in [5.74, 6) is 0.709. The van der Waals surface area contributed by atoms with Crippen molar-refractivity contribution in [3.63, 3.8) is 0 Å². The summed E-state index contributed by atoms with van der Waals surface area (Å²) in [6.45, 7) is 2.21. The molecule has 90 valence electrons. The second-order valence-electron chi connectivity index (χ2n) is 3.66. The quantitative estimate of drug-likeness (QED) is 0.603. The fourth-order valence-corrected chi connectivity index (χ4v) is 2.98. The Morgan fingerprint density at radius 2 is 2.41 bits per heavy atom.